The number of carbonyl (C=O) groups is 1. The number of methoxy groups -OCH3 is 1. The summed E-state index contributed by atoms with van der Waals surface area (Å²) in [5.74, 6) is -0.169. The van der Waals surface area contributed by atoms with E-state index in [4.69, 9.17) is 10.5 Å². The first-order valence-corrected chi connectivity index (χ1v) is 7.65. The standard InChI is InChI=1S/C12H17N3O4S/c1-19-10-5-4-9(14-12(16)7-13)6-11(10)20(17,18)15-8-2-3-8/h4-6,8,15H,2-3,7,13H2,1H3,(H,14,16). The molecule has 1 fully saturated rings. The van der Waals surface area contributed by atoms with Gasteiger partial charge in [0.1, 0.15) is 10.6 Å². The van der Waals surface area contributed by atoms with E-state index in [0.29, 0.717) is 5.69 Å². The van der Waals surface area contributed by atoms with E-state index in [0.717, 1.165) is 12.8 Å². The molecule has 7 nitrogen and oxygen atoms in total. The molecule has 1 aliphatic carbocycles. The van der Waals surface area contributed by atoms with Crippen LogP contribution in [0.4, 0.5) is 5.69 Å². The molecule has 0 saturated heterocycles. The Morgan fingerprint density at radius 2 is 2.15 bits per heavy atom. The first-order valence-electron chi connectivity index (χ1n) is 6.16. The number of nitrogens with two attached hydrogens (primary N) is 1. The highest BCUT2D eigenvalue weighted by atomic mass is 32.2. The second-order valence-electron chi connectivity index (χ2n) is 4.51. The van der Waals surface area contributed by atoms with Crippen molar-refractivity contribution in [1.82, 2.24) is 4.72 Å². The number of anilines is 1. The van der Waals surface area contributed by atoms with E-state index in [1.807, 2.05) is 0 Å². The number of nitrogens with one attached hydrogen (secondary N) is 2. The Kier molecular flexibility index (Phi) is 4.26. The summed E-state index contributed by atoms with van der Waals surface area (Å²) in [5, 5.41) is 2.51. The molecule has 2 rings (SSSR count). The smallest absolute Gasteiger partial charge is 0.244 e. The quantitative estimate of drug-likeness (QED) is 0.686. The van der Waals surface area contributed by atoms with Gasteiger partial charge in [-0.05, 0) is 31.0 Å². The van der Waals surface area contributed by atoms with Crippen molar-refractivity contribution >= 4 is 21.6 Å². The minimum Gasteiger partial charge on any atom is -0.495 e. The number of benzene rings is 1. The number of rotatable bonds is 6. The van der Waals surface area contributed by atoms with Gasteiger partial charge in [0.15, 0.2) is 0 Å². The molecule has 1 amide bonds. The molecule has 0 heterocycles. The summed E-state index contributed by atoms with van der Waals surface area (Å²) in [7, 11) is -2.27. The van der Waals surface area contributed by atoms with Crippen molar-refractivity contribution in [2.45, 2.75) is 23.8 Å². The predicted octanol–water partition coefficient (Wildman–Crippen LogP) is 0.0331. The Hall–Kier alpha value is -1.64. The second kappa shape index (κ2) is 5.78. The Morgan fingerprint density at radius 3 is 2.70 bits per heavy atom. The third kappa shape index (κ3) is 3.47. The highest BCUT2D eigenvalue weighted by Gasteiger charge is 2.30. The zero-order valence-electron chi connectivity index (χ0n) is 11.0. The van der Waals surface area contributed by atoms with Gasteiger partial charge < -0.3 is 15.8 Å². The summed E-state index contributed by atoms with van der Waals surface area (Å²) in [6.07, 6.45) is 1.68. The van der Waals surface area contributed by atoms with Crippen LogP contribution in [-0.4, -0.2) is 34.0 Å². The van der Waals surface area contributed by atoms with Gasteiger partial charge in [-0.2, -0.15) is 0 Å². The fourth-order valence-electron chi connectivity index (χ4n) is 1.66. The highest BCUT2D eigenvalue weighted by molar-refractivity contribution is 7.89. The Morgan fingerprint density at radius 1 is 1.45 bits per heavy atom. The normalized spacial score (nSPS) is 14.9. The van der Waals surface area contributed by atoms with Crippen LogP contribution in [0.15, 0.2) is 23.1 Å². The molecule has 0 bridgehead atoms. The maximum Gasteiger partial charge on any atom is 0.244 e. The maximum atomic E-state index is 12.2. The summed E-state index contributed by atoms with van der Waals surface area (Å²) < 4.78 is 32.1. The second-order valence-corrected chi connectivity index (χ2v) is 6.20. The van der Waals surface area contributed by atoms with Crippen molar-refractivity contribution in [1.29, 1.82) is 0 Å². The average molecular weight is 299 g/mol. The SMILES string of the molecule is COc1ccc(NC(=O)CN)cc1S(=O)(=O)NC1CC1. The van der Waals surface area contributed by atoms with Gasteiger partial charge in [-0.15, -0.1) is 0 Å². The summed E-state index contributed by atoms with van der Waals surface area (Å²) in [6, 6.07) is 4.40. The third-order valence-electron chi connectivity index (χ3n) is 2.82. The molecule has 1 aromatic rings. The van der Waals surface area contributed by atoms with Crippen molar-refractivity contribution < 1.29 is 17.9 Å². The van der Waals surface area contributed by atoms with E-state index in [1.54, 1.807) is 6.07 Å². The van der Waals surface area contributed by atoms with Crippen molar-refractivity contribution in [2.75, 3.05) is 19.0 Å². The topological polar surface area (TPSA) is 111 Å². The van der Waals surface area contributed by atoms with Crippen molar-refractivity contribution in [3.05, 3.63) is 18.2 Å². The van der Waals surface area contributed by atoms with Crippen molar-refractivity contribution in [3.8, 4) is 5.75 Å². The van der Waals surface area contributed by atoms with Gasteiger partial charge in [0.25, 0.3) is 0 Å². The van der Waals surface area contributed by atoms with Crippen LogP contribution in [-0.2, 0) is 14.8 Å². The molecular weight excluding hydrogens is 282 g/mol. The number of hydrogen-bond acceptors (Lipinski definition) is 5. The summed E-state index contributed by atoms with van der Waals surface area (Å²) in [4.78, 5) is 11.3. The fraction of sp³-hybridized carbons (Fsp3) is 0.417. The first-order chi connectivity index (χ1) is 9.46. The Labute approximate surface area is 117 Å². The van der Waals surface area contributed by atoms with E-state index in [-0.39, 0.29) is 23.2 Å². The van der Waals surface area contributed by atoms with Crippen LogP contribution in [0.5, 0.6) is 5.75 Å². The molecule has 110 valence electrons. The van der Waals surface area contributed by atoms with E-state index in [9.17, 15) is 13.2 Å². The fourth-order valence-corrected chi connectivity index (χ4v) is 3.16. The minimum atomic E-state index is -3.66. The lowest BCUT2D eigenvalue weighted by Gasteiger charge is -2.12. The predicted molar refractivity (Wildman–Crippen MR) is 74.0 cm³/mol. The summed E-state index contributed by atoms with van der Waals surface area (Å²) >= 11 is 0. The van der Waals surface area contributed by atoms with Crippen LogP contribution >= 0.6 is 0 Å². The van der Waals surface area contributed by atoms with Crippen LogP contribution < -0.4 is 20.5 Å². The van der Waals surface area contributed by atoms with Crippen LogP contribution in [0, 0.1) is 0 Å². The molecule has 1 aromatic carbocycles. The van der Waals surface area contributed by atoms with Crippen LogP contribution in [0.25, 0.3) is 0 Å². The largest absolute Gasteiger partial charge is 0.495 e. The lowest BCUT2D eigenvalue weighted by atomic mass is 10.3. The maximum absolute atomic E-state index is 12.2. The molecule has 1 aliphatic rings. The zero-order chi connectivity index (χ0) is 14.8. The van der Waals surface area contributed by atoms with Gasteiger partial charge >= 0.3 is 0 Å². The van der Waals surface area contributed by atoms with Gasteiger partial charge in [0.2, 0.25) is 15.9 Å². The van der Waals surface area contributed by atoms with Crippen LogP contribution in [0.1, 0.15) is 12.8 Å². The lowest BCUT2D eigenvalue weighted by molar-refractivity contribution is -0.114. The molecule has 0 spiro atoms. The van der Waals surface area contributed by atoms with E-state index in [1.165, 1.54) is 19.2 Å². The third-order valence-corrected chi connectivity index (χ3v) is 4.36. The van der Waals surface area contributed by atoms with Crippen molar-refractivity contribution in [3.63, 3.8) is 0 Å². The Balaban J connectivity index is 2.33. The van der Waals surface area contributed by atoms with Crippen LogP contribution in [0.2, 0.25) is 0 Å². The average Bonchev–Trinajstić information content (AvgIpc) is 3.21. The lowest BCUT2D eigenvalue weighted by Crippen LogP contribution is -2.26. The van der Waals surface area contributed by atoms with Gasteiger partial charge in [0, 0.05) is 11.7 Å². The van der Waals surface area contributed by atoms with Crippen molar-refractivity contribution in [2.24, 2.45) is 5.73 Å². The van der Waals surface area contributed by atoms with E-state index in [2.05, 4.69) is 10.0 Å². The molecule has 0 atom stereocenters. The number of carbonyl (C=O) groups excluding carboxylic acids is 1. The zero-order valence-corrected chi connectivity index (χ0v) is 11.9. The molecule has 0 aromatic heterocycles. The van der Waals surface area contributed by atoms with Gasteiger partial charge in [0.05, 0.1) is 13.7 Å². The Bertz CT molecular complexity index is 611. The monoisotopic (exact) mass is 299 g/mol. The molecule has 0 radical (unpaired) electrons. The van der Waals surface area contributed by atoms with Crippen LogP contribution in [0.3, 0.4) is 0 Å². The molecule has 8 heteroatoms. The molecule has 20 heavy (non-hydrogen) atoms. The molecule has 4 N–H and O–H groups in total. The summed E-state index contributed by atoms with van der Waals surface area (Å²) in [6.45, 7) is -0.172. The molecule has 0 unspecified atom stereocenters. The molecule has 0 aliphatic heterocycles. The van der Waals surface area contributed by atoms with E-state index < -0.39 is 15.9 Å². The van der Waals surface area contributed by atoms with Gasteiger partial charge in [-0.25, -0.2) is 13.1 Å². The summed E-state index contributed by atoms with van der Waals surface area (Å²) in [5.41, 5.74) is 5.57. The molecule has 1 saturated carbocycles. The number of sulfonamides is 1. The van der Waals surface area contributed by atoms with Gasteiger partial charge in [-0.3, -0.25) is 4.79 Å². The first kappa shape index (κ1) is 14.8. The number of hydrogen-bond donors (Lipinski definition) is 3. The van der Waals surface area contributed by atoms with E-state index >= 15 is 0 Å². The minimum absolute atomic E-state index is 0.00159. The highest BCUT2D eigenvalue weighted by Crippen LogP contribution is 2.29. The number of ether oxygens (including phenoxy) is 1. The molecular formula is C12H17N3O4S. The van der Waals surface area contributed by atoms with Gasteiger partial charge in [-0.1, -0.05) is 0 Å². The number of amides is 1.